The van der Waals surface area contributed by atoms with Crippen molar-refractivity contribution in [3.63, 3.8) is 0 Å². The van der Waals surface area contributed by atoms with Gasteiger partial charge in [0, 0.05) is 19.0 Å². The zero-order valence-electron chi connectivity index (χ0n) is 17.0. The van der Waals surface area contributed by atoms with Crippen LogP contribution in [0.25, 0.3) is 11.1 Å². The lowest BCUT2D eigenvalue weighted by atomic mass is 9.97. The van der Waals surface area contributed by atoms with Crippen molar-refractivity contribution >= 4 is 33.0 Å². The smallest absolute Gasteiger partial charge is 0.417 e. The number of aromatic nitrogens is 1. The summed E-state index contributed by atoms with van der Waals surface area (Å²) in [4.78, 5) is 17.7. The Labute approximate surface area is 186 Å². The van der Waals surface area contributed by atoms with Crippen LogP contribution in [0.2, 0.25) is 0 Å². The highest BCUT2D eigenvalue weighted by molar-refractivity contribution is 7.90. The Morgan fingerprint density at radius 1 is 1.18 bits per heavy atom. The zero-order chi connectivity index (χ0) is 23.8. The number of rotatable bonds is 4. The van der Waals surface area contributed by atoms with Crippen LogP contribution in [-0.2, 0) is 21.0 Å². The zero-order valence-corrected chi connectivity index (χ0v) is 17.8. The molecular formula is C21H17F3N4O4S. The number of anilines is 1. The van der Waals surface area contributed by atoms with Gasteiger partial charge in [0.1, 0.15) is 5.52 Å². The number of benzene rings is 2. The molecule has 8 nitrogen and oxygen atoms in total. The van der Waals surface area contributed by atoms with E-state index in [0.717, 1.165) is 6.07 Å². The van der Waals surface area contributed by atoms with E-state index in [2.05, 4.69) is 4.98 Å². The van der Waals surface area contributed by atoms with Gasteiger partial charge in [-0.1, -0.05) is 12.1 Å². The van der Waals surface area contributed by atoms with Crippen molar-refractivity contribution in [3.05, 3.63) is 53.6 Å². The number of nitrogens with zero attached hydrogens (tertiary/aromatic N) is 3. The number of nitriles is 1. The molecule has 0 spiro atoms. The Bertz CT molecular complexity index is 1320. The van der Waals surface area contributed by atoms with Crippen molar-refractivity contribution < 1.29 is 30.8 Å². The van der Waals surface area contributed by atoms with Gasteiger partial charge in [0.2, 0.25) is 5.91 Å². The van der Waals surface area contributed by atoms with Gasteiger partial charge < -0.3 is 9.32 Å². The van der Waals surface area contributed by atoms with E-state index in [0.29, 0.717) is 42.3 Å². The predicted octanol–water partition coefficient (Wildman–Crippen LogP) is 3.44. The SMILES string of the molecule is N#Cc1ccc(S(=O)(=O)NC(=O)C2CCN(c3nc4ccccc4o3)CC2)c(C(F)(F)F)c1. The monoisotopic (exact) mass is 478 g/mol. The average Bonchev–Trinajstić information content (AvgIpc) is 3.22. The van der Waals surface area contributed by atoms with Crippen LogP contribution in [0.15, 0.2) is 51.8 Å². The summed E-state index contributed by atoms with van der Waals surface area (Å²) in [7, 11) is -4.80. The summed E-state index contributed by atoms with van der Waals surface area (Å²) in [6.45, 7) is 0.714. The number of hydrogen-bond donors (Lipinski definition) is 1. The van der Waals surface area contributed by atoms with Gasteiger partial charge in [0.15, 0.2) is 5.58 Å². The third-order valence-corrected chi connectivity index (χ3v) is 6.76. The van der Waals surface area contributed by atoms with Crippen LogP contribution in [0, 0.1) is 17.2 Å². The molecule has 1 amide bonds. The average molecular weight is 478 g/mol. The second-order valence-corrected chi connectivity index (χ2v) is 9.17. The number of nitrogens with one attached hydrogen (secondary N) is 1. The number of sulfonamides is 1. The van der Waals surface area contributed by atoms with Crippen molar-refractivity contribution in [2.24, 2.45) is 5.92 Å². The highest BCUT2D eigenvalue weighted by Crippen LogP contribution is 2.35. The van der Waals surface area contributed by atoms with Gasteiger partial charge in [-0.2, -0.15) is 23.4 Å². The summed E-state index contributed by atoms with van der Waals surface area (Å²) < 4.78 is 72.7. The first-order chi connectivity index (χ1) is 15.6. The number of para-hydroxylation sites is 2. The third-order valence-electron chi connectivity index (χ3n) is 5.36. The van der Waals surface area contributed by atoms with Gasteiger partial charge in [0.25, 0.3) is 16.0 Å². The van der Waals surface area contributed by atoms with E-state index in [1.165, 1.54) is 6.07 Å². The molecule has 12 heteroatoms. The summed E-state index contributed by atoms with van der Waals surface area (Å²) in [5.74, 6) is -1.60. The number of alkyl halides is 3. The number of halogens is 3. The van der Waals surface area contributed by atoms with Gasteiger partial charge in [-0.3, -0.25) is 4.79 Å². The molecule has 4 rings (SSSR count). The first kappa shape index (κ1) is 22.6. The summed E-state index contributed by atoms with van der Waals surface area (Å²) in [5.41, 5.74) is -0.561. The Morgan fingerprint density at radius 3 is 2.52 bits per heavy atom. The molecule has 2 heterocycles. The quantitative estimate of drug-likeness (QED) is 0.611. The fourth-order valence-electron chi connectivity index (χ4n) is 3.65. The molecular weight excluding hydrogens is 461 g/mol. The number of oxazole rings is 1. The van der Waals surface area contributed by atoms with Gasteiger partial charge in [-0.15, -0.1) is 0 Å². The predicted molar refractivity (Wildman–Crippen MR) is 110 cm³/mol. The van der Waals surface area contributed by atoms with Crippen LogP contribution in [0.4, 0.5) is 19.2 Å². The summed E-state index contributed by atoms with van der Waals surface area (Å²) in [6.07, 6.45) is -4.50. The van der Waals surface area contributed by atoms with Crippen LogP contribution in [0.1, 0.15) is 24.0 Å². The summed E-state index contributed by atoms with van der Waals surface area (Å²) >= 11 is 0. The van der Waals surface area contributed by atoms with E-state index in [-0.39, 0.29) is 18.4 Å². The highest BCUT2D eigenvalue weighted by atomic mass is 32.2. The molecule has 0 atom stereocenters. The van der Waals surface area contributed by atoms with Gasteiger partial charge >= 0.3 is 6.18 Å². The van der Waals surface area contributed by atoms with E-state index in [1.807, 2.05) is 17.0 Å². The molecule has 0 saturated carbocycles. The van der Waals surface area contributed by atoms with Crippen LogP contribution in [0.5, 0.6) is 0 Å². The molecule has 1 aliphatic rings. The van der Waals surface area contributed by atoms with Gasteiger partial charge in [-0.05, 0) is 43.2 Å². The van der Waals surface area contributed by atoms with Gasteiger partial charge in [-0.25, -0.2) is 13.1 Å². The molecule has 3 aromatic rings. The maximum Gasteiger partial charge on any atom is 0.417 e. The molecule has 172 valence electrons. The molecule has 0 radical (unpaired) electrons. The molecule has 0 bridgehead atoms. The van der Waals surface area contributed by atoms with Crippen molar-refractivity contribution in [1.29, 1.82) is 5.26 Å². The second kappa shape index (κ2) is 8.40. The van der Waals surface area contributed by atoms with E-state index in [9.17, 15) is 26.4 Å². The van der Waals surface area contributed by atoms with Gasteiger partial charge in [0.05, 0.1) is 22.1 Å². The summed E-state index contributed by atoms with van der Waals surface area (Å²) in [6, 6.07) is 11.2. The number of fused-ring (bicyclic) bond motifs is 1. The number of piperidine rings is 1. The molecule has 1 aromatic heterocycles. The lowest BCUT2D eigenvalue weighted by molar-refractivity contribution is -0.140. The minimum Gasteiger partial charge on any atom is -0.423 e. The highest BCUT2D eigenvalue weighted by Gasteiger charge is 2.39. The Morgan fingerprint density at radius 2 is 1.88 bits per heavy atom. The Hall–Kier alpha value is -3.59. The maximum absolute atomic E-state index is 13.4. The first-order valence-electron chi connectivity index (χ1n) is 9.87. The number of hydrogen-bond acceptors (Lipinski definition) is 7. The standard InChI is InChI=1S/C21H17F3N4O4S/c22-21(23,24)15-11-13(12-25)5-6-18(15)33(30,31)27-19(29)14-7-9-28(10-8-14)20-26-16-3-1-2-4-17(16)32-20/h1-6,11,14H,7-10H2,(H,27,29). The van der Waals surface area contributed by atoms with E-state index in [4.69, 9.17) is 9.68 Å². The van der Waals surface area contributed by atoms with Crippen LogP contribution in [0.3, 0.4) is 0 Å². The molecule has 0 aliphatic carbocycles. The molecule has 2 aromatic carbocycles. The van der Waals surface area contributed by atoms with E-state index < -0.39 is 38.5 Å². The van der Waals surface area contributed by atoms with Crippen LogP contribution >= 0.6 is 0 Å². The Kier molecular flexibility index (Phi) is 5.75. The van der Waals surface area contributed by atoms with E-state index in [1.54, 1.807) is 16.9 Å². The topological polar surface area (TPSA) is 116 Å². The fourth-order valence-corrected chi connectivity index (χ4v) is 4.91. The normalized spacial score (nSPS) is 15.4. The molecule has 1 saturated heterocycles. The Balaban J connectivity index is 1.46. The molecule has 1 fully saturated rings. The lowest BCUT2D eigenvalue weighted by Crippen LogP contribution is -2.42. The molecule has 33 heavy (non-hydrogen) atoms. The second-order valence-electron chi connectivity index (χ2n) is 7.52. The fraction of sp³-hybridized carbons (Fsp3) is 0.286. The van der Waals surface area contributed by atoms with Crippen molar-refractivity contribution in [1.82, 2.24) is 9.71 Å². The summed E-state index contributed by atoms with van der Waals surface area (Å²) in [5, 5.41) is 8.83. The minimum atomic E-state index is -5.02. The minimum absolute atomic E-state index is 0.263. The van der Waals surface area contributed by atoms with E-state index >= 15 is 0 Å². The van der Waals surface area contributed by atoms with Crippen molar-refractivity contribution in [3.8, 4) is 6.07 Å². The maximum atomic E-state index is 13.4. The molecule has 0 unspecified atom stereocenters. The number of amides is 1. The van der Waals surface area contributed by atoms with Crippen molar-refractivity contribution in [2.45, 2.75) is 23.9 Å². The van der Waals surface area contributed by atoms with Crippen molar-refractivity contribution in [2.75, 3.05) is 18.0 Å². The lowest BCUT2D eigenvalue weighted by Gasteiger charge is -2.30. The molecule has 1 aliphatic heterocycles. The third kappa shape index (κ3) is 4.63. The number of carbonyl (C=O) groups excluding carboxylic acids is 1. The van der Waals surface area contributed by atoms with Crippen LogP contribution < -0.4 is 9.62 Å². The first-order valence-corrected chi connectivity index (χ1v) is 11.4. The largest absolute Gasteiger partial charge is 0.423 e. The molecule has 1 N–H and O–H groups in total. The van der Waals surface area contributed by atoms with Crippen LogP contribution in [-0.4, -0.2) is 32.4 Å². The number of carbonyl (C=O) groups is 1.